The number of hydrogen-bond acceptors (Lipinski definition) is 10. The fourth-order valence-corrected chi connectivity index (χ4v) is 6.34. The van der Waals surface area contributed by atoms with Crippen LogP contribution in [0.25, 0.3) is 0 Å². The highest BCUT2D eigenvalue weighted by Crippen LogP contribution is 2.32. The van der Waals surface area contributed by atoms with E-state index in [0.717, 1.165) is 56.5 Å². The number of fused-ring (bicyclic) bond motifs is 1. The Hall–Kier alpha value is -2.25. The summed E-state index contributed by atoms with van der Waals surface area (Å²) in [6.45, 7) is 5.93. The predicted molar refractivity (Wildman–Crippen MR) is 155 cm³/mol. The van der Waals surface area contributed by atoms with E-state index in [0.29, 0.717) is 19.0 Å². The molecule has 0 bridgehead atoms. The Morgan fingerprint density at radius 1 is 1.05 bits per heavy atom. The third kappa shape index (κ3) is 7.98. The van der Waals surface area contributed by atoms with Gasteiger partial charge in [-0.2, -0.15) is 0 Å². The molecule has 1 aromatic carbocycles. The molecule has 11 heteroatoms. The topological polar surface area (TPSA) is 132 Å². The highest BCUT2D eigenvalue weighted by Gasteiger charge is 2.45. The van der Waals surface area contributed by atoms with Crippen molar-refractivity contribution in [3.8, 4) is 5.75 Å². The summed E-state index contributed by atoms with van der Waals surface area (Å²) < 4.78 is 16.8. The number of aliphatic hydroxyl groups excluding tert-OH is 4. The number of hydrogen-bond donors (Lipinski definition) is 4. The van der Waals surface area contributed by atoms with E-state index < -0.39 is 43.4 Å². The van der Waals surface area contributed by atoms with Crippen molar-refractivity contribution in [2.45, 2.75) is 89.1 Å². The van der Waals surface area contributed by atoms with Gasteiger partial charge in [0.1, 0.15) is 30.2 Å². The van der Waals surface area contributed by atoms with Crippen molar-refractivity contribution in [1.82, 2.24) is 9.80 Å². The number of nitrogens with zero attached hydrogens (tertiary/aromatic N) is 2. The molecule has 4 rings (SSSR count). The monoisotopic (exact) mass is 592 g/mol. The van der Waals surface area contributed by atoms with Crippen LogP contribution < -0.4 is 4.74 Å². The Labute approximate surface area is 246 Å². The standard InChI is InChI=1S/C30H44N2O8S/c1-3-13-31(15-12-22-8-6-16-41-22)21-10-11-23-20(17-21)7-5-9-24(23)38-19-32(14-4-2)30(37)40-29-28(36)27(35)26(34)25(18-33)39-29/h5-9,16,21,25-29,33-36H,3-4,10-15,17-19H2,1-2H3/t21-,25+,26+,27-,28+,29-/m0/s1. The number of thiophene rings is 1. The molecule has 0 radical (unpaired) electrons. The van der Waals surface area contributed by atoms with Crippen molar-refractivity contribution >= 4 is 17.4 Å². The number of aliphatic hydroxyl groups is 4. The van der Waals surface area contributed by atoms with Crippen molar-refractivity contribution in [2.75, 3.05) is 33.0 Å². The number of rotatable bonds is 13. The summed E-state index contributed by atoms with van der Waals surface area (Å²) in [7, 11) is 0. The Kier molecular flexibility index (Phi) is 11.8. The summed E-state index contributed by atoms with van der Waals surface area (Å²) in [5.74, 6) is 0.739. The molecule has 0 spiro atoms. The minimum atomic E-state index is -1.66. The maximum atomic E-state index is 13.0. The van der Waals surface area contributed by atoms with Gasteiger partial charge >= 0.3 is 6.09 Å². The van der Waals surface area contributed by atoms with E-state index >= 15 is 0 Å². The average molecular weight is 593 g/mol. The van der Waals surface area contributed by atoms with Crippen LogP contribution in [0.3, 0.4) is 0 Å². The van der Waals surface area contributed by atoms with Crippen LogP contribution in [0.1, 0.15) is 49.1 Å². The molecule has 0 unspecified atom stereocenters. The summed E-state index contributed by atoms with van der Waals surface area (Å²) in [6, 6.07) is 10.9. The lowest BCUT2D eigenvalue weighted by atomic mass is 9.86. The van der Waals surface area contributed by atoms with Crippen molar-refractivity contribution in [1.29, 1.82) is 0 Å². The molecule has 41 heavy (non-hydrogen) atoms. The second kappa shape index (κ2) is 15.3. The zero-order valence-electron chi connectivity index (χ0n) is 23.9. The van der Waals surface area contributed by atoms with Crippen LogP contribution in [0.15, 0.2) is 35.7 Å². The Morgan fingerprint density at radius 2 is 1.85 bits per heavy atom. The van der Waals surface area contributed by atoms with E-state index in [1.807, 2.05) is 30.4 Å². The predicted octanol–water partition coefficient (Wildman–Crippen LogP) is 2.54. The number of carbonyl (C=O) groups excluding carboxylic acids is 1. The maximum absolute atomic E-state index is 13.0. The molecule has 4 N–H and O–H groups in total. The second-order valence-electron chi connectivity index (χ2n) is 10.8. The smallest absolute Gasteiger partial charge is 0.414 e. The number of benzene rings is 1. The lowest BCUT2D eigenvalue weighted by Crippen LogP contribution is -2.60. The first-order chi connectivity index (χ1) is 19.9. The van der Waals surface area contributed by atoms with Gasteiger partial charge in [0.05, 0.1) is 6.61 Å². The molecule has 0 saturated carbocycles. The largest absolute Gasteiger partial charge is 0.473 e. The van der Waals surface area contributed by atoms with Gasteiger partial charge in [-0.3, -0.25) is 9.80 Å². The molecule has 2 aliphatic rings. The van der Waals surface area contributed by atoms with Crippen LogP contribution >= 0.6 is 11.3 Å². The number of amides is 1. The fourth-order valence-electron chi connectivity index (χ4n) is 5.64. The molecule has 10 nitrogen and oxygen atoms in total. The van der Waals surface area contributed by atoms with E-state index in [-0.39, 0.29) is 6.73 Å². The molecule has 1 saturated heterocycles. The minimum Gasteiger partial charge on any atom is -0.473 e. The lowest BCUT2D eigenvalue weighted by Gasteiger charge is -2.39. The van der Waals surface area contributed by atoms with Crippen LogP contribution in [0.2, 0.25) is 0 Å². The van der Waals surface area contributed by atoms with Crippen molar-refractivity contribution in [3.05, 3.63) is 51.7 Å². The normalized spacial score (nSPS) is 26.0. The van der Waals surface area contributed by atoms with Crippen LogP contribution in [-0.2, 0) is 28.7 Å². The quantitative estimate of drug-likeness (QED) is 0.259. The Morgan fingerprint density at radius 3 is 2.56 bits per heavy atom. The molecule has 6 atom stereocenters. The molecular weight excluding hydrogens is 548 g/mol. The molecule has 1 fully saturated rings. The van der Waals surface area contributed by atoms with Gasteiger partial charge in [0.25, 0.3) is 0 Å². The SMILES string of the molecule is CCCN(COc1cccc2c1CC[C@H](N(CCC)CCc1cccs1)C2)C(=O)O[C@@H]1O[C@H](CO)[C@@H](O)[C@H](O)[C@H]1O. The molecule has 228 valence electrons. The first-order valence-electron chi connectivity index (χ1n) is 14.6. The minimum absolute atomic E-state index is 0.0627. The lowest BCUT2D eigenvalue weighted by molar-refractivity contribution is -0.286. The number of carbonyl (C=O) groups is 1. The second-order valence-corrected chi connectivity index (χ2v) is 11.8. The van der Waals surface area contributed by atoms with Crippen molar-refractivity contribution in [2.24, 2.45) is 0 Å². The first-order valence-corrected chi connectivity index (χ1v) is 15.5. The molecule has 2 heterocycles. The van der Waals surface area contributed by atoms with Crippen molar-refractivity contribution < 1.29 is 39.4 Å². The van der Waals surface area contributed by atoms with Crippen LogP contribution in [0.5, 0.6) is 5.75 Å². The molecule has 1 amide bonds. The van der Waals surface area contributed by atoms with E-state index in [1.54, 1.807) is 0 Å². The summed E-state index contributed by atoms with van der Waals surface area (Å²) >= 11 is 1.81. The zero-order chi connectivity index (χ0) is 29.4. The fraction of sp³-hybridized carbons (Fsp3) is 0.633. The molecule has 1 aromatic heterocycles. The molecule has 1 aliphatic heterocycles. The van der Waals surface area contributed by atoms with Gasteiger partial charge in [0.15, 0.2) is 6.73 Å². The van der Waals surface area contributed by atoms with Gasteiger partial charge in [0.2, 0.25) is 6.29 Å². The van der Waals surface area contributed by atoms with E-state index in [4.69, 9.17) is 14.2 Å². The third-order valence-electron chi connectivity index (χ3n) is 7.86. The van der Waals surface area contributed by atoms with E-state index in [1.165, 1.54) is 15.3 Å². The van der Waals surface area contributed by atoms with E-state index in [2.05, 4.69) is 35.4 Å². The number of ether oxygens (including phenoxy) is 3. The van der Waals surface area contributed by atoms with Crippen LogP contribution in [0.4, 0.5) is 4.79 Å². The van der Waals surface area contributed by atoms with Gasteiger partial charge in [-0.25, -0.2) is 4.79 Å². The highest BCUT2D eigenvalue weighted by atomic mass is 32.1. The third-order valence-corrected chi connectivity index (χ3v) is 8.80. The van der Waals surface area contributed by atoms with Gasteiger partial charge < -0.3 is 34.6 Å². The van der Waals surface area contributed by atoms with Gasteiger partial charge in [-0.1, -0.05) is 32.0 Å². The zero-order valence-corrected chi connectivity index (χ0v) is 24.7. The summed E-state index contributed by atoms with van der Waals surface area (Å²) in [6.07, 6.45) is -2.61. The first kappa shape index (κ1) is 31.7. The van der Waals surface area contributed by atoms with Gasteiger partial charge in [0, 0.05) is 24.0 Å². The maximum Gasteiger partial charge on any atom is 0.414 e. The van der Waals surface area contributed by atoms with Crippen molar-refractivity contribution in [3.63, 3.8) is 0 Å². The molecular formula is C30H44N2O8S. The van der Waals surface area contributed by atoms with Crippen LogP contribution in [-0.4, -0.2) is 106 Å². The van der Waals surface area contributed by atoms with Gasteiger partial charge in [-0.15, -0.1) is 11.3 Å². The summed E-state index contributed by atoms with van der Waals surface area (Å²) in [5, 5.41) is 41.8. The van der Waals surface area contributed by atoms with Gasteiger partial charge in [-0.05, 0) is 73.7 Å². The van der Waals surface area contributed by atoms with E-state index in [9.17, 15) is 25.2 Å². The Bertz CT molecular complexity index is 1080. The Balaban J connectivity index is 1.37. The summed E-state index contributed by atoms with van der Waals surface area (Å²) in [5.41, 5.74) is 2.43. The highest BCUT2D eigenvalue weighted by molar-refractivity contribution is 7.09. The summed E-state index contributed by atoms with van der Waals surface area (Å²) in [4.78, 5) is 18.4. The average Bonchev–Trinajstić information content (AvgIpc) is 3.51. The van der Waals surface area contributed by atoms with Crippen LogP contribution in [0, 0.1) is 0 Å². The molecule has 1 aliphatic carbocycles. The molecule has 2 aromatic rings.